The maximum absolute atomic E-state index is 5.80. The molecular weight excluding hydrogens is 218 g/mol. The van der Waals surface area contributed by atoms with Gasteiger partial charge in [0.25, 0.3) is 0 Å². The Morgan fingerprint density at radius 1 is 1.29 bits per heavy atom. The number of nitrogens with zero attached hydrogens (tertiary/aromatic N) is 3. The van der Waals surface area contributed by atoms with Crippen molar-refractivity contribution >= 4 is 23.4 Å². The smallest absolute Gasteiger partial charge is 0.195 e. The predicted octanol–water partition coefficient (Wildman–Crippen LogP) is 2.64. The van der Waals surface area contributed by atoms with E-state index in [9.17, 15) is 0 Å². The number of aromatic nitrogens is 3. The maximum Gasteiger partial charge on any atom is 0.195 e. The summed E-state index contributed by atoms with van der Waals surface area (Å²) in [6, 6.07) is 7.57. The first kappa shape index (κ1) is 9.55. The van der Waals surface area contributed by atoms with Crippen LogP contribution in [0.25, 0.3) is 5.69 Å². The third kappa shape index (κ3) is 1.76. The molecule has 0 fully saturated rings. The lowest BCUT2D eigenvalue weighted by Crippen LogP contribution is -1.93. The van der Waals surface area contributed by atoms with Crippen LogP contribution in [0.2, 0.25) is 5.02 Å². The monoisotopic (exact) mass is 225 g/mol. The Bertz CT molecular complexity index is 424. The summed E-state index contributed by atoms with van der Waals surface area (Å²) in [4.78, 5) is 0. The zero-order valence-corrected chi connectivity index (χ0v) is 9.09. The summed E-state index contributed by atoms with van der Waals surface area (Å²) in [5.41, 5.74) is 1.02. The average molecular weight is 226 g/mol. The van der Waals surface area contributed by atoms with Crippen molar-refractivity contribution in [2.24, 2.45) is 0 Å². The predicted molar refractivity (Wildman–Crippen MR) is 58.2 cm³/mol. The Balaban J connectivity index is 2.44. The van der Waals surface area contributed by atoms with Gasteiger partial charge in [0, 0.05) is 10.7 Å². The van der Waals surface area contributed by atoms with E-state index in [0.717, 1.165) is 15.9 Å². The van der Waals surface area contributed by atoms with Gasteiger partial charge >= 0.3 is 0 Å². The zero-order valence-electron chi connectivity index (χ0n) is 7.51. The van der Waals surface area contributed by atoms with Gasteiger partial charge in [-0.3, -0.25) is 4.57 Å². The highest BCUT2D eigenvalue weighted by atomic mass is 35.5. The largest absolute Gasteiger partial charge is 0.277 e. The molecule has 0 saturated heterocycles. The lowest BCUT2D eigenvalue weighted by atomic mass is 10.3. The van der Waals surface area contributed by atoms with Crippen LogP contribution >= 0.6 is 23.4 Å². The van der Waals surface area contributed by atoms with E-state index in [2.05, 4.69) is 10.2 Å². The SMILES string of the molecule is CSc1nncn1-c1ccc(Cl)cc1. The minimum Gasteiger partial charge on any atom is -0.277 e. The van der Waals surface area contributed by atoms with Gasteiger partial charge < -0.3 is 0 Å². The highest BCUT2D eigenvalue weighted by Gasteiger charge is 2.03. The van der Waals surface area contributed by atoms with Crippen LogP contribution in [-0.4, -0.2) is 21.0 Å². The first-order valence-corrected chi connectivity index (χ1v) is 5.61. The third-order valence-electron chi connectivity index (χ3n) is 1.80. The summed E-state index contributed by atoms with van der Waals surface area (Å²) >= 11 is 7.36. The standard InChI is InChI=1S/C9H8ClN3S/c1-14-9-12-11-6-13(9)8-4-2-7(10)3-5-8/h2-6H,1H3. The van der Waals surface area contributed by atoms with Gasteiger partial charge in [-0.05, 0) is 30.5 Å². The van der Waals surface area contributed by atoms with Crippen molar-refractivity contribution in [3.8, 4) is 5.69 Å². The van der Waals surface area contributed by atoms with E-state index < -0.39 is 0 Å². The van der Waals surface area contributed by atoms with E-state index in [-0.39, 0.29) is 0 Å². The van der Waals surface area contributed by atoms with Gasteiger partial charge in [-0.1, -0.05) is 23.4 Å². The summed E-state index contributed by atoms with van der Waals surface area (Å²) in [6.45, 7) is 0. The van der Waals surface area contributed by atoms with Crippen LogP contribution in [0.15, 0.2) is 35.7 Å². The molecule has 72 valence electrons. The molecule has 1 aromatic heterocycles. The summed E-state index contributed by atoms with van der Waals surface area (Å²) < 4.78 is 1.92. The van der Waals surface area contributed by atoms with Gasteiger partial charge in [-0.25, -0.2) is 0 Å². The third-order valence-corrected chi connectivity index (χ3v) is 2.70. The van der Waals surface area contributed by atoms with Crippen molar-refractivity contribution in [3.05, 3.63) is 35.6 Å². The molecule has 0 unspecified atom stereocenters. The molecule has 5 heteroatoms. The first-order valence-electron chi connectivity index (χ1n) is 4.01. The molecule has 0 aliphatic heterocycles. The summed E-state index contributed by atoms with van der Waals surface area (Å²) in [5, 5.41) is 9.42. The number of rotatable bonds is 2. The normalized spacial score (nSPS) is 10.4. The lowest BCUT2D eigenvalue weighted by molar-refractivity contribution is 0.886. The van der Waals surface area contributed by atoms with Gasteiger partial charge in [-0.15, -0.1) is 10.2 Å². The molecule has 0 aliphatic carbocycles. The van der Waals surface area contributed by atoms with Gasteiger partial charge in [0.2, 0.25) is 0 Å². The van der Waals surface area contributed by atoms with E-state index in [0.29, 0.717) is 0 Å². The van der Waals surface area contributed by atoms with Crippen molar-refractivity contribution in [2.45, 2.75) is 5.16 Å². The Hall–Kier alpha value is -1.00. The molecule has 0 saturated carbocycles. The van der Waals surface area contributed by atoms with E-state index >= 15 is 0 Å². The highest BCUT2D eigenvalue weighted by Crippen LogP contribution is 2.18. The molecule has 1 heterocycles. The van der Waals surface area contributed by atoms with E-state index in [1.54, 1.807) is 18.1 Å². The second-order valence-electron chi connectivity index (χ2n) is 2.66. The van der Waals surface area contributed by atoms with E-state index in [1.165, 1.54) is 0 Å². The van der Waals surface area contributed by atoms with Crippen LogP contribution in [0.1, 0.15) is 0 Å². The summed E-state index contributed by atoms with van der Waals surface area (Å²) in [5.74, 6) is 0. The van der Waals surface area contributed by atoms with Crippen molar-refractivity contribution in [1.82, 2.24) is 14.8 Å². The number of hydrogen-bond acceptors (Lipinski definition) is 3. The van der Waals surface area contributed by atoms with Crippen LogP contribution in [0.4, 0.5) is 0 Å². The van der Waals surface area contributed by atoms with Crippen LogP contribution in [-0.2, 0) is 0 Å². The topological polar surface area (TPSA) is 30.7 Å². The Labute approximate surface area is 91.1 Å². The molecular formula is C9H8ClN3S. The second kappa shape index (κ2) is 4.02. The fourth-order valence-electron chi connectivity index (χ4n) is 1.14. The Morgan fingerprint density at radius 3 is 2.64 bits per heavy atom. The van der Waals surface area contributed by atoms with Gasteiger partial charge in [0.1, 0.15) is 6.33 Å². The molecule has 0 radical (unpaired) electrons. The van der Waals surface area contributed by atoms with Crippen molar-refractivity contribution in [2.75, 3.05) is 6.26 Å². The van der Waals surface area contributed by atoms with Crippen molar-refractivity contribution in [1.29, 1.82) is 0 Å². The van der Waals surface area contributed by atoms with E-state index in [1.807, 2.05) is 35.1 Å². The van der Waals surface area contributed by atoms with Gasteiger partial charge in [0.05, 0.1) is 0 Å². The minimum absolute atomic E-state index is 0.729. The molecule has 2 rings (SSSR count). The first-order chi connectivity index (χ1) is 6.81. The second-order valence-corrected chi connectivity index (χ2v) is 3.87. The zero-order chi connectivity index (χ0) is 9.97. The number of benzene rings is 1. The molecule has 3 nitrogen and oxygen atoms in total. The molecule has 2 aromatic rings. The number of thioether (sulfide) groups is 1. The van der Waals surface area contributed by atoms with Gasteiger partial charge in [0.15, 0.2) is 5.16 Å². The molecule has 0 spiro atoms. The summed E-state index contributed by atoms with van der Waals surface area (Å²) in [6.07, 6.45) is 3.66. The summed E-state index contributed by atoms with van der Waals surface area (Å²) in [7, 11) is 0. The Morgan fingerprint density at radius 2 is 2.00 bits per heavy atom. The highest BCUT2D eigenvalue weighted by molar-refractivity contribution is 7.98. The van der Waals surface area contributed by atoms with Gasteiger partial charge in [-0.2, -0.15) is 0 Å². The average Bonchev–Trinajstić information content (AvgIpc) is 2.67. The molecule has 1 aromatic carbocycles. The number of hydrogen-bond donors (Lipinski definition) is 0. The maximum atomic E-state index is 5.80. The minimum atomic E-state index is 0.729. The fourth-order valence-corrected chi connectivity index (χ4v) is 1.75. The van der Waals surface area contributed by atoms with Crippen LogP contribution < -0.4 is 0 Å². The van der Waals surface area contributed by atoms with Crippen molar-refractivity contribution < 1.29 is 0 Å². The van der Waals surface area contributed by atoms with E-state index in [4.69, 9.17) is 11.6 Å². The molecule has 0 bridgehead atoms. The molecule has 0 atom stereocenters. The van der Waals surface area contributed by atoms with Crippen LogP contribution in [0, 0.1) is 0 Å². The Kier molecular flexibility index (Phi) is 2.74. The van der Waals surface area contributed by atoms with Crippen LogP contribution in [0.3, 0.4) is 0 Å². The molecule has 0 N–H and O–H groups in total. The number of halogens is 1. The molecule has 14 heavy (non-hydrogen) atoms. The fraction of sp³-hybridized carbons (Fsp3) is 0.111. The quantitative estimate of drug-likeness (QED) is 0.737. The van der Waals surface area contributed by atoms with Crippen LogP contribution in [0.5, 0.6) is 0 Å². The molecule has 0 aliphatic rings. The van der Waals surface area contributed by atoms with Crippen molar-refractivity contribution in [3.63, 3.8) is 0 Å². The molecule has 0 amide bonds. The lowest BCUT2D eigenvalue weighted by Gasteiger charge is -2.03.